The SMILES string of the molecule is COc1ccc(C(=O)NC(C)c2ccc(F)cc2F)cc1S(=O)(=O)NC(C)(C)C. The van der Waals surface area contributed by atoms with Crippen LogP contribution in [0, 0.1) is 11.6 Å². The molecule has 2 N–H and O–H groups in total. The Morgan fingerprint density at radius 1 is 1.10 bits per heavy atom. The first-order chi connectivity index (χ1) is 13.3. The van der Waals surface area contributed by atoms with Crippen molar-refractivity contribution in [3.05, 3.63) is 59.2 Å². The first-order valence-corrected chi connectivity index (χ1v) is 10.3. The van der Waals surface area contributed by atoms with Gasteiger partial charge in [0.05, 0.1) is 13.2 Å². The Kier molecular flexibility index (Phi) is 6.64. The van der Waals surface area contributed by atoms with Crippen LogP contribution in [0.3, 0.4) is 0 Å². The molecular formula is C20H24F2N2O4S. The van der Waals surface area contributed by atoms with Crippen LogP contribution in [0.5, 0.6) is 5.75 Å². The molecule has 1 unspecified atom stereocenters. The van der Waals surface area contributed by atoms with Crippen LogP contribution in [0.2, 0.25) is 0 Å². The van der Waals surface area contributed by atoms with Crippen molar-refractivity contribution in [2.45, 2.75) is 44.2 Å². The van der Waals surface area contributed by atoms with E-state index in [4.69, 9.17) is 4.74 Å². The van der Waals surface area contributed by atoms with E-state index in [2.05, 4.69) is 10.0 Å². The number of carbonyl (C=O) groups is 1. The van der Waals surface area contributed by atoms with Crippen LogP contribution in [0.25, 0.3) is 0 Å². The van der Waals surface area contributed by atoms with Gasteiger partial charge in [0.15, 0.2) is 0 Å². The minimum Gasteiger partial charge on any atom is -0.495 e. The highest BCUT2D eigenvalue weighted by Gasteiger charge is 2.27. The third kappa shape index (κ3) is 5.74. The number of amides is 1. The quantitative estimate of drug-likeness (QED) is 0.740. The first-order valence-electron chi connectivity index (χ1n) is 8.82. The van der Waals surface area contributed by atoms with Gasteiger partial charge in [0, 0.05) is 22.7 Å². The lowest BCUT2D eigenvalue weighted by atomic mass is 10.1. The Bertz CT molecular complexity index is 1020. The van der Waals surface area contributed by atoms with E-state index in [1.54, 1.807) is 20.8 Å². The van der Waals surface area contributed by atoms with E-state index < -0.39 is 39.1 Å². The second-order valence-electron chi connectivity index (χ2n) is 7.58. The number of hydrogen-bond acceptors (Lipinski definition) is 4. The number of sulfonamides is 1. The Morgan fingerprint density at radius 2 is 1.76 bits per heavy atom. The maximum atomic E-state index is 13.9. The van der Waals surface area contributed by atoms with Crippen molar-refractivity contribution < 1.29 is 26.7 Å². The van der Waals surface area contributed by atoms with Crippen molar-refractivity contribution in [3.8, 4) is 5.75 Å². The molecule has 0 aromatic heterocycles. The molecule has 2 aromatic rings. The molecule has 158 valence electrons. The third-order valence-corrected chi connectivity index (χ3v) is 5.71. The van der Waals surface area contributed by atoms with Crippen molar-refractivity contribution in [3.63, 3.8) is 0 Å². The standard InChI is InChI=1S/C20H24F2N2O4S/c1-12(15-8-7-14(21)11-16(15)22)23-19(25)13-6-9-17(28-5)18(10-13)29(26,27)24-20(2,3)4/h6-12,24H,1-5H3,(H,23,25). The molecule has 0 radical (unpaired) electrons. The molecule has 0 saturated carbocycles. The summed E-state index contributed by atoms with van der Waals surface area (Å²) in [5.41, 5.74) is -0.582. The predicted molar refractivity (Wildman–Crippen MR) is 105 cm³/mol. The highest BCUT2D eigenvalue weighted by atomic mass is 32.2. The topological polar surface area (TPSA) is 84.5 Å². The van der Waals surface area contributed by atoms with Gasteiger partial charge in [-0.2, -0.15) is 0 Å². The Labute approximate surface area is 169 Å². The lowest BCUT2D eigenvalue weighted by Crippen LogP contribution is -2.40. The van der Waals surface area contributed by atoms with Crippen LogP contribution >= 0.6 is 0 Å². The Morgan fingerprint density at radius 3 is 2.31 bits per heavy atom. The number of rotatable bonds is 6. The molecule has 0 aliphatic carbocycles. The van der Waals surface area contributed by atoms with Gasteiger partial charge in [-0.05, 0) is 52.0 Å². The molecule has 0 aliphatic heterocycles. The molecule has 0 aliphatic rings. The van der Waals surface area contributed by atoms with Crippen molar-refractivity contribution in [1.82, 2.24) is 10.0 Å². The average Bonchev–Trinajstić information content (AvgIpc) is 2.58. The largest absolute Gasteiger partial charge is 0.495 e. The average molecular weight is 426 g/mol. The summed E-state index contributed by atoms with van der Waals surface area (Å²) in [7, 11) is -2.64. The van der Waals surface area contributed by atoms with Crippen LogP contribution in [0.15, 0.2) is 41.3 Å². The van der Waals surface area contributed by atoms with E-state index in [1.165, 1.54) is 38.3 Å². The van der Waals surface area contributed by atoms with Gasteiger partial charge >= 0.3 is 0 Å². The maximum Gasteiger partial charge on any atom is 0.251 e. The predicted octanol–water partition coefficient (Wildman–Crippen LogP) is 3.54. The molecule has 2 aromatic carbocycles. The van der Waals surface area contributed by atoms with Crippen molar-refractivity contribution in [2.24, 2.45) is 0 Å². The Balaban J connectivity index is 2.34. The van der Waals surface area contributed by atoms with Crippen LogP contribution in [-0.4, -0.2) is 27.0 Å². The van der Waals surface area contributed by atoms with Gasteiger partial charge in [0.1, 0.15) is 22.3 Å². The second-order valence-corrected chi connectivity index (χ2v) is 9.23. The lowest BCUT2D eigenvalue weighted by molar-refractivity contribution is 0.0939. The smallest absolute Gasteiger partial charge is 0.251 e. The lowest BCUT2D eigenvalue weighted by Gasteiger charge is -2.21. The third-order valence-electron chi connectivity index (χ3n) is 3.93. The number of hydrogen-bond donors (Lipinski definition) is 2. The number of nitrogens with one attached hydrogen (secondary N) is 2. The highest BCUT2D eigenvalue weighted by Crippen LogP contribution is 2.26. The molecule has 1 atom stereocenters. The monoisotopic (exact) mass is 426 g/mol. The van der Waals surface area contributed by atoms with E-state index in [9.17, 15) is 22.0 Å². The summed E-state index contributed by atoms with van der Waals surface area (Å²) in [5, 5.41) is 2.58. The second kappa shape index (κ2) is 8.46. The van der Waals surface area contributed by atoms with Crippen molar-refractivity contribution >= 4 is 15.9 Å². The molecule has 1 amide bonds. The fraction of sp³-hybridized carbons (Fsp3) is 0.350. The molecular weight excluding hydrogens is 402 g/mol. The van der Waals surface area contributed by atoms with Crippen LogP contribution in [-0.2, 0) is 10.0 Å². The van der Waals surface area contributed by atoms with Gasteiger partial charge in [-0.15, -0.1) is 0 Å². The number of benzene rings is 2. The minimum atomic E-state index is -3.97. The number of carbonyl (C=O) groups excluding carboxylic acids is 1. The van der Waals surface area contributed by atoms with E-state index >= 15 is 0 Å². The van der Waals surface area contributed by atoms with E-state index in [1.807, 2.05) is 0 Å². The molecule has 0 spiro atoms. The molecule has 0 fully saturated rings. The molecule has 29 heavy (non-hydrogen) atoms. The summed E-state index contributed by atoms with van der Waals surface area (Å²) in [6.07, 6.45) is 0. The van der Waals surface area contributed by atoms with Gasteiger partial charge < -0.3 is 10.1 Å². The Hall–Kier alpha value is -2.52. The fourth-order valence-corrected chi connectivity index (χ4v) is 4.31. The maximum absolute atomic E-state index is 13.9. The molecule has 0 bridgehead atoms. The normalized spacial score (nSPS) is 13.1. The van der Waals surface area contributed by atoms with Crippen LogP contribution in [0.4, 0.5) is 8.78 Å². The minimum absolute atomic E-state index is 0.0504. The molecule has 0 saturated heterocycles. The highest BCUT2D eigenvalue weighted by molar-refractivity contribution is 7.89. The summed E-state index contributed by atoms with van der Waals surface area (Å²) in [6.45, 7) is 6.60. The summed E-state index contributed by atoms with van der Waals surface area (Å²) in [4.78, 5) is 12.4. The fourth-order valence-electron chi connectivity index (χ4n) is 2.70. The van der Waals surface area contributed by atoms with Gasteiger partial charge in [-0.25, -0.2) is 21.9 Å². The zero-order chi connectivity index (χ0) is 22.0. The number of ether oxygens (including phenoxy) is 1. The van der Waals surface area contributed by atoms with Crippen LogP contribution < -0.4 is 14.8 Å². The van der Waals surface area contributed by atoms with Crippen LogP contribution in [0.1, 0.15) is 49.7 Å². The van der Waals surface area contributed by atoms with Gasteiger partial charge in [0.25, 0.3) is 5.91 Å². The van der Waals surface area contributed by atoms with Crippen molar-refractivity contribution in [2.75, 3.05) is 7.11 Å². The summed E-state index contributed by atoms with van der Waals surface area (Å²) in [6, 6.07) is 6.26. The molecule has 9 heteroatoms. The van der Waals surface area contributed by atoms with E-state index in [0.717, 1.165) is 12.1 Å². The molecule has 6 nitrogen and oxygen atoms in total. The van der Waals surface area contributed by atoms with Gasteiger partial charge in [0.2, 0.25) is 10.0 Å². The zero-order valence-corrected chi connectivity index (χ0v) is 17.7. The summed E-state index contributed by atoms with van der Waals surface area (Å²) in [5.74, 6) is -2.04. The van der Waals surface area contributed by atoms with Gasteiger partial charge in [-0.1, -0.05) is 6.07 Å². The number of halogens is 2. The molecule has 2 rings (SSSR count). The number of methoxy groups -OCH3 is 1. The zero-order valence-electron chi connectivity index (χ0n) is 16.8. The van der Waals surface area contributed by atoms with E-state index in [-0.39, 0.29) is 21.8 Å². The summed E-state index contributed by atoms with van der Waals surface area (Å²) >= 11 is 0. The summed E-state index contributed by atoms with van der Waals surface area (Å²) < 4.78 is 60.1. The first kappa shape index (κ1) is 22.8. The molecule has 0 heterocycles. The van der Waals surface area contributed by atoms with Gasteiger partial charge in [-0.3, -0.25) is 4.79 Å². The van der Waals surface area contributed by atoms with E-state index in [0.29, 0.717) is 0 Å². The van der Waals surface area contributed by atoms with Crippen molar-refractivity contribution in [1.29, 1.82) is 0 Å².